The van der Waals surface area contributed by atoms with Gasteiger partial charge in [0.15, 0.2) is 0 Å². The zero-order valence-corrected chi connectivity index (χ0v) is 11.3. The predicted molar refractivity (Wildman–Crippen MR) is 70.8 cm³/mol. The van der Waals surface area contributed by atoms with Gasteiger partial charge in [0.05, 0.1) is 0 Å². The lowest BCUT2D eigenvalue weighted by atomic mass is 10.1. The van der Waals surface area contributed by atoms with Crippen molar-refractivity contribution in [1.82, 2.24) is 0 Å². The molecule has 7 heteroatoms. The van der Waals surface area contributed by atoms with Gasteiger partial charge in [-0.15, -0.1) is 0 Å². The Bertz CT molecular complexity index is 471. The van der Waals surface area contributed by atoms with Gasteiger partial charge in [0, 0.05) is 17.3 Å². The monoisotopic (exact) mass is 294 g/mol. The van der Waals surface area contributed by atoms with Crippen LogP contribution in [0.2, 0.25) is 0 Å². The fourth-order valence-electron chi connectivity index (χ4n) is 1.65. The molecule has 1 rings (SSSR count). The molecule has 1 aromatic carbocycles. The van der Waals surface area contributed by atoms with Crippen molar-refractivity contribution < 1.29 is 17.6 Å². The third-order valence-corrected chi connectivity index (χ3v) is 2.74. The second-order valence-corrected chi connectivity index (χ2v) is 4.81. The summed E-state index contributed by atoms with van der Waals surface area (Å²) in [6.45, 7) is 2.06. The predicted octanol–water partition coefficient (Wildman–Crippen LogP) is 3.24. The normalized spacial score (nSPS) is 11.7. The number of hydrogen-bond acceptors (Lipinski definition) is 2. The van der Waals surface area contributed by atoms with Gasteiger partial charge in [0.25, 0.3) is 0 Å². The molecule has 2 nitrogen and oxygen atoms in total. The van der Waals surface area contributed by atoms with Crippen LogP contribution in [0.5, 0.6) is 0 Å². The van der Waals surface area contributed by atoms with E-state index in [1.54, 1.807) is 13.8 Å². The molecule has 0 spiro atoms. The largest absolute Gasteiger partial charge is 0.405 e. The lowest BCUT2D eigenvalue weighted by Gasteiger charge is -2.30. The summed E-state index contributed by atoms with van der Waals surface area (Å²) in [5.41, 5.74) is 5.47. The molecule has 0 heterocycles. The summed E-state index contributed by atoms with van der Waals surface area (Å²) in [5, 5.41) is 0. The molecule has 106 valence electrons. The average molecular weight is 294 g/mol. The van der Waals surface area contributed by atoms with Crippen molar-refractivity contribution in [2.75, 3.05) is 11.4 Å². The number of hydrogen-bond donors (Lipinski definition) is 1. The molecule has 0 aliphatic heterocycles. The van der Waals surface area contributed by atoms with Crippen LogP contribution >= 0.6 is 12.2 Å². The minimum absolute atomic E-state index is 0.0227. The molecular weight excluding hydrogens is 280 g/mol. The maximum Gasteiger partial charge on any atom is 0.405 e. The Balaban J connectivity index is 3.11. The van der Waals surface area contributed by atoms with Crippen LogP contribution in [0.25, 0.3) is 0 Å². The summed E-state index contributed by atoms with van der Waals surface area (Å²) in [6.07, 6.45) is -4.36. The maximum atomic E-state index is 13.7. The van der Waals surface area contributed by atoms with E-state index < -0.39 is 24.6 Å². The number of nitrogens with two attached hydrogens (primary N) is 1. The van der Waals surface area contributed by atoms with E-state index in [9.17, 15) is 17.6 Å². The van der Waals surface area contributed by atoms with Gasteiger partial charge in [0.2, 0.25) is 0 Å². The molecule has 19 heavy (non-hydrogen) atoms. The Morgan fingerprint density at radius 1 is 1.37 bits per heavy atom. The molecule has 0 fully saturated rings. The minimum atomic E-state index is -4.36. The molecule has 0 aliphatic rings. The van der Waals surface area contributed by atoms with Crippen LogP contribution in [0.3, 0.4) is 0 Å². The van der Waals surface area contributed by atoms with Crippen molar-refractivity contribution in [1.29, 1.82) is 0 Å². The standard InChI is InChI=1S/C12H14F4N2S/c1-7(2)18(6-12(14,15)16)8-3-4-9(11(17)19)10(13)5-8/h3-5,7H,6H2,1-2H3,(H2,17,19). The summed E-state index contributed by atoms with van der Waals surface area (Å²) in [4.78, 5) is 0.933. The van der Waals surface area contributed by atoms with Crippen molar-refractivity contribution in [2.24, 2.45) is 5.73 Å². The summed E-state index contributed by atoms with van der Waals surface area (Å²) in [6, 6.07) is 3.26. The Labute approximate surface area is 114 Å². The van der Waals surface area contributed by atoms with E-state index in [0.717, 1.165) is 11.0 Å². The number of thiocarbonyl (C=S) groups is 1. The fourth-order valence-corrected chi connectivity index (χ4v) is 1.81. The van der Waals surface area contributed by atoms with Gasteiger partial charge >= 0.3 is 6.18 Å². The van der Waals surface area contributed by atoms with E-state index >= 15 is 0 Å². The molecule has 0 aromatic heterocycles. The van der Waals surface area contributed by atoms with Gasteiger partial charge in [-0.1, -0.05) is 12.2 Å². The van der Waals surface area contributed by atoms with Crippen molar-refractivity contribution in [3.05, 3.63) is 29.6 Å². The van der Waals surface area contributed by atoms with Crippen molar-refractivity contribution in [3.63, 3.8) is 0 Å². The van der Waals surface area contributed by atoms with Crippen LogP contribution in [0.1, 0.15) is 19.4 Å². The van der Waals surface area contributed by atoms with Crippen LogP contribution in [-0.4, -0.2) is 23.8 Å². The van der Waals surface area contributed by atoms with E-state index in [2.05, 4.69) is 12.2 Å². The maximum absolute atomic E-state index is 13.7. The average Bonchev–Trinajstić information content (AvgIpc) is 2.23. The Morgan fingerprint density at radius 3 is 2.32 bits per heavy atom. The first-order valence-electron chi connectivity index (χ1n) is 5.54. The Kier molecular flexibility index (Phi) is 4.73. The molecule has 0 bridgehead atoms. The lowest BCUT2D eigenvalue weighted by molar-refractivity contribution is -0.120. The van der Waals surface area contributed by atoms with E-state index in [-0.39, 0.29) is 16.2 Å². The first-order valence-corrected chi connectivity index (χ1v) is 5.95. The highest BCUT2D eigenvalue weighted by Crippen LogP contribution is 2.25. The van der Waals surface area contributed by atoms with Crippen molar-refractivity contribution in [2.45, 2.75) is 26.1 Å². The molecule has 0 radical (unpaired) electrons. The van der Waals surface area contributed by atoms with Crippen molar-refractivity contribution >= 4 is 22.9 Å². The SMILES string of the molecule is CC(C)N(CC(F)(F)F)c1ccc(C(N)=S)c(F)c1. The van der Waals surface area contributed by atoms with Gasteiger partial charge in [-0.05, 0) is 32.0 Å². The summed E-state index contributed by atoms with van der Waals surface area (Å²) in [5.74, 6) is -0.724. The van der Waals surface area contributed by atoms with Crippen LogP contribution in [0, 0.1) is 5.82 Å². The molecule has 0 amide bonds. The highest BCUT2D eigenvalue weighted by atomic mass is 32.1. The molecule has 2 N–H and O–H groups in total. The lowest BCUT2D eigenvalue weighted by Crippen LogP contribution is -2.39. The van der Waals surface area contributed by atoms with Gasteiger partial charge in [-0.2, -0.15) is 13.2 Å². The Morgan fingerprint density at radius 2 is 1.95 bits per heavy atom. The molecule has 0 saturated heterocycles. The van der Waals surface area contributed by atoms with Crippen LogP contribution in [-0.2, 0) is 0 Å². The molecular formula is C12H14F4N2S. The van der Waals surface area contributed by atoms with Crippen molar-refractivity contribution in [3.8, 4) is 0 Å². The van der Waals surface area contributed by atoms with Gasteiger partial charge in [-0.25, -0.2) is 4.39 Å². The number of nitrogens with zero attached hydrogens (tertiary/aromatic N) is 1. The molecule has 0 unspecified atom stereocenters. The van der Waals surface area contributed by atoms with Crippen LogP contribution in [0.4, 0.5) is 23.2 Å². The zero-order chi connectivity index (χ0) is 14.8. The fraction of sp³-hybridized carbons (Fsp3) is 0.417. The minimum Gasteiger partial charge on any atom is -0.389 e. The number of rotatable bonds is 4. The third-order valence-electron chi connectivity index (χ3n) is 2.52. The summed E-state index contributed by atoms with van der Waals surface area (Å²) < 4.78 is 51.1. The number of halogens is 4. The van der Waals surface area contributed by atoms with E-state index in [1.807, 2.05) is 0 Å². The number of benzene rings is 1. The van der Waals surface area contributed by atoms with Crippen LogP contribution in [0.15, 0.2) is 18.2 Å². The molecule has 0 aliphatic carbocycles. The smallest absolute Gasteiger partial charge is 0.389 e. The highest BCUT2D eigenvalue weighted by molar-refractivity contribution is 7.80. The quantitative estimate of drug-likeness (QED) is 0.683. The second kappa shape index (κ2) is 5.73. The highest BCUT2D eigenvalue weighted by Gasteiger charge is 2.32. The second-order valence-electron chi connectivity index (χ2n) is 4.37. The third kappa shape index (κ3) is 4.34. The molecule has 0 atom stereocenters. The first-order chi connectivity index (χ1) is 8.61. The summed E-state index contributed by atoms with van der Waals surface area (Å²) >= 11 is 4.64. The van der Waals surface area contributed by atoms with E-state index in [1.165, 1.54) is 12.1 Å². The Hall–Kier alpha value is -1.37. The van der Waals surface area contributed by atoms with E-state index in [4.69, 9.17) is 5.73 Å². The van der Waals surface area contributed by atoms with Gasteiger partial charge in [-0.3, -0.25) is 0 Å². The van der Waals surface area contributed by atoms with Gasteiger partial charge in [0.1, 0.15) is 17.4 Å². The summed E-state index contributed by atoms with van der Waals surface area (Å²) in [7, 11) is 0. The number of anilines is 1. The molecule has 1 aromatic rings. The first kappa shape index (κ1) is 15.7. The van der Waals surface area contributed by atoms with Gasteiger partial charge < -0.3 is 10.6 Å². The zero-order valence-electron chi connectivity index (χ0n) is 10.5. The topological polar surface area (TPSA) is 29.3 Å². The van der Waals surface area contributed by atoms with E-state index in [0.29, 0.717) is 0 Å². The van der Waals surface area contributed by atoms with Crippen LogP contribution < -0.4 is 10.6 Å². The number of alkyl halides is 3. The molecule has 0 saturated carbocycles.